The van der Waals surface area contributed by atoms with Crippen LogP contribution < -0.4 is 5.32 Å². The van der Waals surface area contributed by atoms with Crippen LogP contribution in [-0.4, -0.2) is 49.2 Å². The fourth-order valence-electron chi connectivity index (χ4n) is 1.93. The summed E-state index contributed by atoms with van der Waals surface area (Å²) in [5.41, 5.74) is -0.578. The molecule has 0 aromatic heterocycles. The van der Waals surface area contributed by atoms with Crippen molar-refractivity contribution in [2.24, 2.45) is 0 Å². The lowest BCUT2D eigenvalue weighted by Gasteiger charge is -2.27. The molecule has 1 N–H and O–H groups in total. The maximum absolute atomic E-state index is 11.6. The van der Waals surface area contributed by atoms with Gasteiger partial charge in [-0.1, -0.05) is 0 Å². The Morgan fingerprint density at radius 2 is 2.27 bits per heavy atom. The summed E-state index contributed by atoms with van der Waals surface area (Å²) in [7, 11) is 2.10. The zero-order valence-electron chi connectivity index (χ0n) is 10.2. The molecule has 0 spiro atoms. The molecule has 0 aromatic carbocycles. The van der Waals surface area contributed by atoms with E-state index in [4.69, 9.17) is 4.74 Å². The number of ether oxygens (including phenoxy) is 1. The lowest BCUT2D eigenvalue weighted by atomic mass is 10.0. The summed E-state index contributed by atoms with van der Waals surface area (Å²) in [6, 6.07) is 0.398. The van der Waals surface area contributed by atoms with Crippen molar-refractivity contribution in [1.29, 1.82) is 0 Å². The SMILES string of the molecule is CCOC(=O)C(C)(C)NC1CCN(C)C1. The van der Waals surface area contributed by atoms with Gasteiger partial charge in [-0.2, -0.15) is 0 Å². The topological polar surface area (TPSA) is 41.6 Å². The van der Waals surface area contributed by atoms with Crippen molar-refractivity contribution in [3.63, 3.8) is 0 Å². The second kappa shape index (κ2) is 4.94. The number of carbonyl (C=O) groups excluding carboxylic acids is 1. The third-order valence-electron chi connectivity index (χ3n) is 2.74. The number of rotatable bonds is 4. The predicted octanol–water partition coefficient (Wildman–Crippen LogP) is 0.622. The van der Waals surface area contributed by atoms with E-state index in [9.17, 15) is 4.79 Å². The highest BCUT2D eigenvalue weighted by molar-refractivity contribution is 5.79. The molecule has 1 fully saturated rings. The molecule has 4 heteroatoms. The van der Waals surface area contributed by atoms with E-state index >= 15 is 0 Å². The first kappa shape index (κ1) is 12.5. The first-order valence-electron chi connectivity index (χ1n) is 5.59. The molecule has 0 bridgehead atoms. The molecule has 88 valence electrons. The number of likely N-dealkylation sites (tertiary alicyclic amines) is 1. The van der Waals surface area contributed by atoms with Gasteiger partial charge in [-0.15, -0.1) is 0 Å². The summed E-state index contributed by atoms with van der Waals surface area (Å²) in [6.07, 6.45) is 1.10. The summed E-state index contributed by atoms with van der Waals surface area (Å²) in [5.74, 6) is -0.167. The Labute approximate surface area is 92.0 Å². The molecule has 1 saturated heterocycles. The largest absolute Gasteiger partial charge is 0.465 e. The third-order valence-corrected chi connectivity index (χ3v) is 2.74. The number of likely N-dealkylation sites (N-methyl/N-ethyl adjacent to an activating group) is 1. The first-order chi connectivity index (χ1) is 6.95. The fraction of sp³-hybridized carbons (Fsp3) is 0.909. The fourth-order valence-corrected chi connectivity index (χ4v) is 1.93. The van der Waals surface area contributed by atoms with Crippen molar-refractivity contribution in [3.8, 4) is 0 Å². The number of hydrogen-bond acceptors (Lipinski definition) is 4. The van der Waals surface area contributed by atoms with Crippen LogP contribution in [-0.2, 0) is 9.53 Å². The van der Waals surface area contributed by atoms with E-state index < -0.39 is 5.54 Å². The zero-order valence-corrected chi connectivity index (χ0v) is 10.2. The van der Waals surface area contributed by atoms with Crippen LogP contribution in [0, 0.1) is 0 Å². The van der Waals surface area contributed by atoms with E-state index in [-0.39, 0.29) is 5.97 Å². The van der Waals surface area contributed by atoms with E-state index in [2.05, 4.69) is 17.3 Å². The molecule has 0 radical (unpaired) electrons. The molecule has 0 saturated carbocycles. The van der Waals surface area contributed by atoms with E-state index in [1.54, 1.807) is 0 Å². The van der Waals surface area contributed by atoms with Crippen LogP contribution >= 0.6 is 0 Å². The summed E-state index contributed by atoms with van der Waals surface area (Å²) in [5, 5.41) is 3.35. The number of hydrogen-bond donors (Lipinski definition) is 1. The Hall–Kier alpha value is -0.610. The van der Waals surface area contributed by atoms with Crippen LogP contribution in [0.5, 0.6) is 0 Å². The first-order valence-corrected chi connectivity index (χ1v) is 5.59. The smallest absolute Gasteiger partial charge is 0.325 e. The van der Waals surface area contributed by atoms with Gasteiger partial charge < -0.3 is 9.64 Å². The molecule has 1 atom stereocenters. The molecule has 0 amide bonds. The molecule has 15 heavy (non-hydrogen) atoms. The Morgan fingerprint density at radius 3 is 2.73 bits per heavy atom. The molecule has 1 rings (SSSR count). The number of nitrogens with zero attached hydrogens (tertiary/aromatic N) is 1. The highest BCUT2D eigenvalue weighted by atomic mass is 16.5. The van der Waals surface area contributed by atoms with Crippen molar-refractivity contribution in [2.75, 3.05) is 26.7 Å². The van der Waals surface area contributed by atoms with E-state index in [1.165, 1.54) is 0 Å². The summed E-state index contributed by atoms with van der Waals surface area (Å²) in [6.45, 7) is 8.12. The molecule has 4 nitrogen and oxygen atoms in total. The average Bonchev–Trinajstić information content (AvgIpc) is 2.50. The second-order valence-corrected chi connectivity index (χ2v) is 4.74. The quantitative estimate of drug-likeness (QED) is 0.697. The minimum absolute atomic E-state index is 0.167. The van der Waals surface area contributed by atoms with Gasteiger partial charge in [0, 0.05) is 12.6 Å². The highest BCUT2D eigenvalue weighted by Crippen LogP contribution is 2.13. The number of carbonyl (C=O) groups is 1. The highest BCUT2D eigenvalue weighted by Gasteiger charge is 2.33. The number of nitrogens with one attached hydrogen (secondary N) is 1. The molecule has 0 aliphatic carbocycles. The van der Waals surface area contributed by atoms with Crippen molar-refractivity contribution in [1.82, 2.24) is 10.2 Å². The Kier molecular flexibility index (Phi) is 4.11. The van der Waals surface area contributed by atoms with Crippen molar-refractivity contribution in [3.05, 3.63) is 0 Å². The number of esters is 1. The van der Waals surface area contributed by atoms with E-state index in [0.29, 0.717) is 12.6 Å². The van der Waals surface area contributed by atoms with Crippen molar-refractivity contribution in [2.45, 2.75) is 38.8 Å². The monoisotopic (exact) mass is 214 g/mol. The summed E-state index contributed by atoms with van der Waals surface area (Å²) >= 11 is 0. The van der Waals surface area contributed by atoms with Crippen molar-refractivity contribution >= 4 is 5.97 Å². The Morgan fingerprint density at radius 1 is 1.60 bits per heavy atom. The van der Waals surface area contributed by atoms with Gasteiger partial charge in [0.25, 0.3) is 0 Å². The van der Waals surface area contributed by atoms with E-state index in [1.807, 2.05) is 20.8 Å². The van der Waals surface area contributed by atoms with Crippen LogP contribution in [0.25, 0.3) is 0 Å². The van der Waals surface area contributed by atoms with Crippen LogP contribution in [0.4, 0.5) is 0 Å². The van der Waals surface area contributed by atoms with Crippen LogP contribution in [0.2, 0.25) is 0 Å². The van der Waals surface area contributed by atoms with Crippen LogP contribution in [0.3, 0.4) is 0 Å². The zero-order chi connectivity index (χ0) is 11.5. The average molecular weight is 214 g/mol. The maximum atomic E-state index is 11.6. The van der Waals surface area contributed by atoms with Crippen LogP contribution in [0.15, 0.2) is 0 Å². The lowest BCUT2D eigenvalue weighted by molar-refractivity contribution is -0.150. The summed E-state index contributed by atoms with van der Waals surface area (Å²) in [4.78, 5) is 13.9. The molecular formula is C11H22N2O2. The van der Waals surface area contributed by atoms with Crippen LogP contribution in [0.1, 0.15) is 27.2 Å². The van der Waals surface area contributed by atoms with Gasteiger partial charge in [0.15, 0.2) is 0 Å². The molecule has 1 aliphatic heterocycles. The van der Waals surface area contributed by atoms with Gasteiger partial charge >= 0.3 is 5.97 Å². The van der Waals surface area contributed by atoms with Gasteiger partial charge in [0.2, 0.25) is 0 Å². The van der Waals surface area contributed by atoms with Gasteiger partial charge in [-0.3, -0.25) is 10.1 Å². The van der Waals surface area contributed by atoms with Gasteiger partial charge in [-0.25, -0.2) is 0 Å². The molecule has 1 heterocycles. The van der Waals surface area contributed by atoms with Gasteiger partial charge in [-0.05, 0) is 40.8 Å². The van der Waals surface area contributed by atoms with E-state index in [0.717, 1.165) is 19.5 Å². The van der Waals surface area contributed by atoms with Gasteiger partial charge in [0.05, 0.1) is 6.61 Å². The third kappa shape index (κ3) is 3.47. The standard InChI is InChI=1S/C11H22N2O2/c1-5-15-10(14)11(2,3)12-9-6-7-13(4)8-9/h9,12H,5-8H2,1-4H3. The minimum atomic E-state index is -0.578. The minimum Gasteiger partial charge on any atom is -0.465 e. The molecule has 1 unspecified atom stereocenters. The van der Waals surface area contributed by atoms with Gasteiger partial charge in [0.1, 0.15) is 5.54 Å². The molecule has 0 aromatic rings. The maximum Gasteiger partial charge on any atom is 0.325 e. The summed E-state index contributed by atoms with van der Waals surface area (Å²) < 4.78 is 5.03. The second-order valence-electron chi connectivity index (χ2n) is 4.74. The lowest BCUT2D eigenvalue weighted by Crippen LogP contribution is -2.53. The Bertz CT molecular complexity index is 229. The normalized spacial score (nSPS) is 23.1. The molecular weight excluding hydrogens is 192 g/mol. The van der Waals surface area contributed by atoms with Crippen molar-refractivity contribution < 1.29 is 9.53 Å². The Balaban J connectivity index is 2.44. The predicted molar refractivity (Wildman–Crippen MR) is 59.7 cm³/mol. The molecule has 1 aliphatic rings.